The van der Waals surface area contributed by atoms with Crippen LogP contribution in [-0.4, -0.2) is 74.7 Å². The number of benzene rings is 1. The smallest absolute Gasteiger partial charge is 0.236 e. The lowest BCUT2D eigenvalue weighted by molar-refractivity contribution is -0.136. The van der Waals surface area contributed by atoms with Gasteiger partial charge in [0.15, 0.2) is 0 Å². The molecule has 23 heavy (non-hydrogen) atoms. The highest BCUT2D eigenvalue weighted by molar-refractivity contribution is 5.78. The van der Waals surface area contributed by atoms with Gasteiger partial charge in [0.1, 0.15) is 0 Å². The number of morpholine rings is 1. The lowest BCUT2D eigenvalue weighted by Gasteiger charge is -2.37. The van der Waals surface area contributed by atoms with Gasteiger partial charge >= 0.3 is 0 Å². The Morgan fingerprint density at radius 3 is 2.43 bits per heavy atom. The molecule has 0 saturated carbocycles. The standard InChI is InChI=1S/C18H27N3O2/c1-15-4-3-5-17(16(15)2)20-8-6-19(7-9-20)14-18(22)21-10-12-23-13-11-21/h3-5H,6-14H2,1-2H3. The van der Waals surface area contributed by atoms with Crippen molar-refractivity contribution in [2.24, 2.45) is 0 Å². The van der Waals surface area contributed by atoms with Crippen LogP contribution >= 0.6 is 0 Å². The van der Waals surface area contributed by atoms with E-state index >= 15 is 0 Å². The molecular formula is C18H27N3O2. The predicted molar refractivity (Wildman–Crippen MR) is 92.0 cm³/mol. The molecule has 0 unspecified atom stereocenters. The maximum absolute atomic E-state index is 12.3. The quantitative estimate of drug-likeness (QED) is 0.841. The van der Waals surface area contributed by atoms with Gasteiger partial charge < -0.3 is 14.5 Å². The summed E-state index contributed by atoms with van der Waals surface area (Å²) >= 11 is 0. The molecule has 2 fully saturated rings. The van der Waals surface area contributed by atoms with Crippen molar-refractivity contribution in [2.45, 2.75) is 13.8 Å². The van der Waals surface area contributed by atoms with Crippen LogP contribution in [0.15, 0.2) is 18.2 Å². The number of hydrogen-bond acceptors (Lipinski definition) is 4. The molecule has 0 atom stereocenters. The first-order valence-electron chi connectivity index (χ1n) is 8.54. The number of rotatable bonds is 3. The lowest BCUT2D eigenvalue weighted by atomic mass is 10.1. The van der Waals surface area contributed by atoms with E-state index in [2.05, 4.69) is 41.8 Å². The van der Waals surface area contributed by atoms with Crippen molar-refractivity contribution in [1.82, 2.24) is 9.80 Å². The Morgan fingerprint density at radius 1 is 1.04 bits per heavy atom. The summed E-state index contributed by atoms with van der Waals surface area (Å²) in [5.41, 5.74) is 4.04. The highest BCUT2D eigenvalue weighted by Crippen LogP contribution is 2.23. The lowest BCUT2D eigenvalue weighted by Crippen LogP contribution is -2.51. The van der Waals surface area contributed by atoms with E-state index in [1.54, 1.807) is 0 Å². The fraction of sp³-hybridized carbons (Fsp3) is 0.611. The highest BCUT2D eigenvalue weighted by Gasteiger charge is 2.23. The first-order chi connectivity index (χ1) is 11.1. The number of ether oxygens (including phenoxy) is 1. The summed E-state index contributed by atoms with van der Waals surface area (Å²) in [6, 6.07) is 6.50. The van der Waals surface area contributed by atoms with Gasteiger partial charge in [-0.15, -0.1) is 0 Å². The zero-order valence-corrected chi connectivity index (χ0v) is 14.3. The number of amides is 1. The third-order valence-electron chi connectivity index (χ3n) is 5.01. The molecule has 5 heteroatoms. The second kappa shape index (κ2) is 7.32. The summed E-state index contributed by atoms with van der Waals surface area (Å²) in [4.78, 5) is 19.0. The van der Waals surface area contributed by atoms with Crippen molar-refractivity contribution in [3.8, 4) is 0 Å². The number of carbonyl (C=O) groups excluding carboxylic acids is 1. The van der Waals surface area contributed by atoms with Crippen molar-refractivity contribution < 1.29 is 9.53 Å². The Morgan fingerprint density at radius 2 is 1.74 bits per heavy atom. The number of hydrogen-bond donors (Lipinski definition) is 0. The van der Waals surface area contributed by atoms with Gasteiger partial charge in [0.25, 0.3) is 0 Å². The normalized spacial score (nSPS) is 19.9. The van der Waals surface area contributed by atoms with E-state index in [9.17, 15) is 4.79 Å². The van der Waals surface area contributed by atoms with Gasteiger partial charge in [-0.25, -0.2) is 0 Å². The summed E-state index contributed by atoms with van der Waals surface area (Å²) in [6.07, 6.45) is 0. The Kier molecular flexibility index (Phi) is 5.18. The molecule has 1 aromatic carbocycles. The number of nitrogens with zero attached hydrogens (tertiary/aromatic N) is 3. The van der Waals surface area contributed by atoms with E-state index < -0.39 is 0 Å². The van der Waals surface area contributed by atoms with Crippen LogP contribution < -0.4 is 4.90 Å². The van der Waals surface area contributed by atoms with Gasteiger partial charge in [0.05, 0.1) is 19.8 Å². The molecule has 1 amide bonds. The van der Waals surface area contributed by atoms with Crippen molar-refractivity contribution in [3.63, 3.8) is 0 Å². The first kappa shape index (κ1) is 16.3. The summed E-state index contributed by atoms with van der Waals surface area (Å²) in [5, 5.41) is 0. The number of anilines is 1. The Hall–Kier alpha value is -1.59. The number of carbonyl (C=O) groups is 1. The van der Waals surface area contributed by atoms with E-state index in [1.165, 1.54) is 16.8 Å². The maximum atomic E-state index is 12.3. The minimum absolute atomic E-state index is 0.244. The summed E-state index contributed by atoms with van der Waals surface area (Å²) < 4.78 is 5.31. The van der Waals surface area contributed by atoms with Gasteiger partial charge in [-0.1, -0.05) is 12.1 Å². The van der Waals surface area contributed by atoms with Crippen LogP contribution in [0, 0.1) is 13.8 Å². The van der Waals surface area contributed by atoms with Gasteiger partial charge in [-0.3, -0.25) is 9.69 Å². The molecule has 2 saturated heterocycles. The number of aryl methyl sites for hydroxylation is 1. The average Bonchev–Trinajstić information content (AvgIpc) is 2.59. The molecule has 3 rings (SSSR count). The molecule has 2 aliphatic heterocycles. The molecule has 2 aliphatic rings. The zero-order chi connectivity index (χ0) is 16.2. The van der Waals surface area contributed by atoms with Crippen LogP contribution in [0.4, 0.5) is 5.69 Å². The molecule has 0 bridgehead atoms. The van der Waals surface area contributed by atoms with Crippen LogP contribution in [0.25, 0.3) is 0 Å². The van der Waals surface area contributed by atoms with E-state index in [4.69, 9.17) is 4.74 Å². The van der Waals surface area contributed by atoms with Gasteiger partial charge in [-0.2, -0.15) is 0 Å². The molecule has 0 aliphatic carbocycles. The summed E-state index contributed by atoms with van der Waals surface area (Å²) in [6.45, 7) is 11.6. The summed E-state index contributed by atoms with van der Waals surface area (Å²) in [7, 11) is 0. The maximum Gasteiger partial charge on any atom is 0.236 e. The monoisotopic (exact) mass is 317 g/mol. The van der Waals surface area contributed by atoms with Crippen LogP contribution in [0.1, 0.15) is 11.1 Å². The van der Waals surface area contributed by atoms with E-state index in [1.807, 2.05) is 4.90 Å². The van der Waals surface area contributed by atoms with Crippen molar-refractivity contribution >= 4 is 11.6 Å². The largest absolute Gasteiger partial charge is 0.378 e. The van der Waals surface area contributed by atoms with Crippen LogP contribution in [0.3, 0.4) is 0 Å². The SMILES string of the molecule is Cc1cccc(N2CCN(CC(=O)N3CCOCC3)CC2)c1C. The molecule has 0 spiro atoms. The van der Waals surface area contributed by atoms with E-state index in [0.717, 1.165) is 39.3 Å². The number of piperazine rings is 1. The third-order valence-corrected chi connectivity index (χ3v) is 5.01. The Balaban J connectivity index is 1.52. The third kappa shape index (κ3) is 3.85. The van der Waals surface area contributed by atoms with Crippen LogP contribution in [-0.2, 0) is 9.53 Å². The molecule has 0 aromatic heterocycles. The minimum Gasteiger partial charge on any atom is -0.378 e. The van der Waals surface area contributed by atoms with Crippen molar-refractivity contribution in [1.29, 1.82) is 0 Å². The van der Waals surface area contributed by atoms with Gasteiger partial charge in [-0.05, 0) is 31.0 Å². The second-order valence-electron chi connectivity index (χ2n) is 6.48. The highest BCUT2D eigenvalue weighted by atomic mass is 16.5. The molecule has 1 aromatic rings. The van der Waals surface area contributed by atoms with E-state index in [0.29, 0.717) is 19.8 Å². The molecule has 0 radical (unpaired) electrons. The van der Waals surface area contributed by atoms with Gasteiger partial charge in [0.2, 0.25) is 5.91 Å². The van der Waals surface area contributed by atoms with Gasteiger partial charge in [0, 0.05) is 45.0 Å². The Labute approximate surface area is 138 Å². The zero-order valence-electron chi connectivity index (χ0n) is 14.3. The fourth-order valence-corrected chi connectivity index (χ4v) is 3.33. The molecule has 126 valence electrons. The molecule has 5 nitrogen and oxygen atoms in total. The Bertz CT molecular complexity index is 547. The van der Waals surface area contributed by atoms with Crippen molar-refractivity contribution in [2.75, 3.05) is 63.9 Å². The summed E-state index contributed by atoms with van der Waals surface area (Å²) in [5.74, 6) is 0.244. The second-order valence-corrected chi connectivity index (χ2v) is 6.48. The average molecular weight is 317 g/mol. The van der Waals surface area contributed by atoms with Crippen LogP contribution in [0.2, 0.25) is 0 Å². The van der Waals surface area contributed by atoms with Crippen LogP contribution in [0.5, 0.6) is 0 Å². The fourth-order valence-electron chi connectivity index (χ4n) is 3.33. The first-order valence-corrected chi connectivity index (χ1v) is 8.54. The molecule has 2 heterocycles. The molecule has 0 N–H and O–H groups in total. The predicted octanol–water partition coefficient (Wildman–Crippen LogP) is 1.28. The van der Waals surface area contributed by atoms with E-state index in [-0.39, 0.29) is 5.91 Å². The topological polar surface area (TPSA) is 36.0 Å². The minimum atomic E-state index is 0.244. The molecular weight excluding hydrogens is 290 g/mol. The van der Waals surface area contributed by atoms with Crippen molar-refractivity contribution in [3.05, 3.63) is 29.3 Å².